The van der Waals surface area contributed by atoms with Crippen molar-refractivity contribution in [3.05, 3.63) is 99.1 Å². The summed E-state index contributed by atoms with van der Waals surface area (Å²) in [6.45, 7) is 0. The van der Waals surface area contributed by atoms with Gasteiger partial charge in [-0.1, -0.05) is 34.5 Å². The number of benzene rings is 3. The summed E-state index contributed by atoms with van der Waals surface area (Å²) in [4.78, 5) is 8.76. The van der Waals surface area contributed by atoms with Crippen LogP contribution in [0.4, 0.5) is 21.5 Å². The van der Waals surface area contributed by atoms with Crippen LogP contribution in [0.25, 0.3) is 21.1 Å². The van der Waals surface area contributed by atoms with Crippen LogP contribution in [0.5, 0.6) is 0 Å². The molecule has 8 nitrogen and oxygen atoms in total. The highest BCUT2D eigenvalue weighted by atomic mass is 35.5. The standard InChI is InChI=1S/C26H15Cl2FN8S/c27-18-7-15(2-3-20(18)29)34-24-14(9-30)10-31-26-17(24)6-16(8-19(26)28)35-25(22-11-33-37-36-22)13-1-4-21-23(5-13)38-12-32-21/h1-8,10-12,25,35H,(H,31,34)(H,33,36,37). The van der Waals surface area contributed by atoms with E-state index in [2.05, 4.69) is 48.1 Å². The molecular weight excluding hydrogens is 546 g/mol. The lowest BCUT2D eigenvalue weighted by Gasteiger charge is -2.20. The number of nitrogens with zero attached hydrogens (tertiary/aromatic N) is 5. The van der Waals surface area contributed by atoms with Crippen LogP contribution in [0.1, 0.15) is 22.9 Å². The SMILES string of the molecule is N#Cc1cnc2c(Cl)cc(NC(c3ccc4ncsc4c3)c3c[nH]nn3)cc2c1Nc1ccc(F)c(Cl)c1. The molecule has 1 atom stereocenters. The Hall–Kier alpha value is -4.30. The molecule has 0 bridgehead atoms. The molecule has 3 aromatic carbocycles. The molecule has 0 aliphatic carbocycles. The summed E-state index contributed by atoms with van der Waals surface area (Å²) in [5.41, 5.74) is 6.77. The van der Waals surface area contributed by atoms with E-state index in [-0.39, 0.29) is 16.6 Å². The predicted molar refractivity (Wildman–Crippen MR) is 148 cm³/mol. The molecule has 6 aromatic rings. The average Bonchev–Trinajstić information content (AvgIpc) is 3.62. The summed E-state index contributed by atoms with van der Waals surface area (Å²) in [5.74, 6) is -0.540. The number of rotatable bonds is 6. The molecule has 3 heterocycles. The number of thiazole rings is 1. The highest BCUT2D eigenvalue weighted by molar-refractivity contribution is 7.16. The van der Waals surface area contributed by atoms with Crippen LogP contribution in [0.2, 0.25) is 10.0 Å². The van der Waals surface area contributed by atoms with Gasteiger partial charge < -0.3 is 10.6 Å². The van der Waals surface area contributed by atoms with Crippen molar-refractivity contribution in [1.82, 2.24) is 25.4 Å². The van der Waals surface area contributed by atoms with E-state index in [1.807, 2.05) is 18.2 Å². The van der Waals surface area contributed by atoms with E-state index < -0.39 is 5.82 Å². The lowest BCUT2D eigenvalue weighted by molar-refractivity contribution is 0.628. The Bertz CT molecular complexity index is 1850. The van der Waals surface area contributed by atoms with E-state index in [4.69, 9.17) is 23.2 Å². The Morgan fingerprint density at radius 3 is 2.68 bits per heavy atom. The van der Waals surface area contributed by atoms with Gasteiger partial charge in [0.15, 0.2) is 0 Å². The second-order valence-corrected chi connectivity index (χ2v) is 10.0. The number of halogens is 3. The third kappa shape index (κ3) is 4.48. The van der Waals surface area contributed by atoms with E-state index in [0.717, 1.165) is 15.8 Å². The number of fused-ring (bicyclic) bond motifs is 2. The topological polar surface area (TPSA) is 115 Å². The predicted octanol–water partition coefficient (Wildman–Crippen LogP) is 7.23. The highest BCUT2D eigenvalue weighted by Gasteiger charge is 2.20. The maximum atomic E-state index is 13.7. The quantitative estimate of drug-likeness (QED) is 0.197. The summed E-state index contributed by atoms with van der Waals surface area (Å²) < 4.78 is 14.8. The van der Waals surface area contributed by atoms with Gasteiger partial charge in [-0.25, -0.2) is 9.37 Å². The van der Waals surface area contributed by atoms with Crippen molar-refractivity contribution in [3.8, 4) is 6.07 Å². The Labute approximate surface area is 229 Å². The van der Waals surface area contributed by atoms with E-state index in [9.17, 15) is 9.65 Å². The Morgan fingerprint density at radius 1 is 1.03 bits per heavy atom. The molecule has 0 spiro atoms. The summed E-state index contributed by atoms with van der Waals surface area (Å²) in [6.07, 6.45) is 3.16. The Kier molecular flexibility index (Phi) is 6.25. The molecule has 38 heavy (non-hydrogen) atoms. The summed E-state index contributed by atoms with van der Waals surface area (Å²) >= 11 is 14.2. The smallest absolute Gasteiger partial charge is 0.141 e. The highest BCUT2D eigenvalue weighted by Crippen LogP contribution is 2.37. The number of hydrogen-bond donors (Lipinski definition) is 3. The summed E-state index contributed by atoms with van der Waals surface area (Å²) in [6, 6.07) is 15.6. The number of hydrogen-bond acceptors (Lipinski definition) is 8. The lowest BCUT2D eigenvalue weighted by Crippen LogP contribution is -2.13. The second-order valence-electron chi connectivity index (χ2n) is 8.32. The molecule has 12 heteroatoms. The second kappa shape index (κ2) is 9.87. The van der Waals surface area contributed by atoms with Gasteiger partial charge in [0.1, 0.15) is 17.6 Å². The van der Waals surface area contributed by atoms with Crippen molar-refractivity contribution in [2.24, 2.45) is 0 Å². The fraction of sp³-hybridized carbons (Fsp3) is 0.0385. The van der Waals surface area contributed by atoms with Crippen LogP contribution < -0.4 is 10.6 Å². The maximum Gasteiger partial charge on any atom is 0.141 e. The Balaban J connectivity index is 1.46. The first-order chi connectivity index (χ1) is 18.5. The molecule has 0 saturated heterocycles. The first-order valence-corrected chi connectivity index (χ1v) is 12.8. The van der Waals surface area contributed by atoms with Crippen molar-refractivity contribution >= 4 is 72.7 Å². The molecule has 0 radical (unpaired) electrons. The fourth-order valence-corrected chi connectivity index (χ4v) is 5.35. The molecule has 0 aliphatic heterocycles. The first-order valence-electron chi connectivity index (χ1n) is 11.2. The molecule has 0 saturated carbocycles. The minimum atomic E-state index is -0.540. The van der Waals surface area contributed by atoms with Gasteiger partial charge in [0.05, 0.1) is 48.6 Å². The van der Waals surface area contributed by atoms with Gasteiger partial charge in [-0.15, -0.1) is 16.4 Å². The summed E-state index contributed by atoms with van der Waals surface area (Å²) in [7, 11) is 0. The maximum absolute atomic E-state index is 13.7. The number of aromatic amines is 1. The number of H-pyrrole nitrogens is 1. The molecule has 1 unspecified atom stereocenters. The Morgan fingerprint density at radius 2 is 1.89 bits per heavy atom. The van der Waals surface area contributed by atoms with Gasteiger partial charge in [0.25, 0.3) is 0 Å². The van der Waals surface area contributed by atoms with E-state index in [1.165, 1.54) is 24.4 Å². The zero-order valence-electron chi connectivity index (χ0n) is 19.2. The zero-order chi connectivity index (χ0) is 26.2. The van der Waals surface area contributed by atoms with Gasteiger partial charge in [-0.2, -0.15) is 5.26 Å². The fourth-order valence-electron chi connectivity index (χ4n) is 4.18. The monoisotopic (exact) mass is 560 g/mol. The normalized spacial score (nSPS) is 11.9. The van der Waals surface area contributed by atoms with Gasteiger partial charge in [-0.3, -0.25) is 10.1 Å². The minimum absolute atomic E-state index is 0.0411. The van der Waals surface area contributed by atoms with Crippen LogP contribution in [0, 0.1) is 17.1 Å². The van der Waals surface area contributed by atoms with Gasteiger partial charge in [-0.05, 0) is 48.0 Å². The number of nitrogens with one attached hydrogen (secondary N) is 3. The minimum Gasteiger partial charge on any atom is -0.373 e. The van der Waals surface area contributed by atoms with Crippen molar-refractivity contribution in [2.45, 2.75) is 6.04 Å². The van der Waals surface area contributed by atoms with E-state index in [0.29, 0.717) is 38.7 Å². The van der Waals surface area contributed by atoms with E-state index >= 15 is 0 Å². The third-order valence-corrected chi connectivity index (χ3v) is 7.33. The first kappa shape index (κ1) is 24.1. The molecule has 0 fully saturated rings. The van der Waals surface area contributed by atoms with Crippen molar-refractivity contribution < 1.29 is 4.39 Å². The van der Waals surface area contributed by atoms with Gasteiger partial charge in [0.2, 0.25) is 0 Å². The molecular formula is C26H15Cl2FN8S. The average molecular weight is 561 g/mol. The van der Waals surface area contributed by atoms with Crippen LogP contribution >= 0.6 is 34.5 Å². The molecule has 3 aromatic heterocycles. The van der Waals surface area contributed by atoms with Crippen molar-refractivity contribution in [1.29, 1.82) is 5.26 Å². The lowest BCUT2D eigenvalue weighted by atomic mass is 10.0. The number of aromatic nitrogens is 5. The molecule has 0 aliphatic rings. The number of nitriles is 1. The largest absolute Gasteiger partial charge is 0.373 e. The van der Waals surface area contributed by atoms with Crippen LogP contribution in [-0.2, 0) is 0 Å². The number of pyridine rings is 1. The van der Waals surface area contributed by atoms with Gasteiger partial charge >= 0.3 is 0 Å². The van der Waals surface area contributed by atoms with Crippen LogP contribution in [0.15, 0.2) is 66.4 Å². The molecule has 6 rings (SSSR count). The van der Waals surface area contributed by atoms with Gasteiger partial charge in [0, 0.05) is 29.2 Å². The molecule has 0 amide bonds. The molecule has 186 valence electrons. The summed E-state index contributed by atoms with van der Waals surface area (Å²) in [5, 5.41) is 28.3. The molecule has 3 N–H and O–H groups in total. The van der Waals surface area contributed by atoms with Crippen molar-refractivity contribution in [2.75, 3.05) is 10.6 Å². The van der Waals surface area contributed by atoms with Crippen molar-refractivity contribution in [3.63, 3.8) is 0 Å². The number of anilines is 3. The van der Waals surface area contributed by atoms with Crippen LogP contribution in [-0.4, -0.2) is 25.4 Å². The van der Waals surface area contributed by atoms with E-state index in [1.54, 1.807) is 29.1 Å². The zero-order valence-corrected chi connectivity index (χ0v) is 21.5. The third-order valence-electron chi connectivity index (χ3n) is 5.97. The van der Waals surface area contributed by atoms with Crippen LogP contribution in [0.3, 0.4) is 0 Å².